The molecule has 0 fully saturated rings. The van der Waals surface area contributed by atoms with Gasteiger partial charge in [-0.15, -0.1) is 0 Å². The highest BCUT2D eigenvalue weighted by molar-refractivity contribution is 6.44. The fourth-order valence-corrected chi connectivity index (χ4v) is 1.72. The zero-order valence-corrected chi connectivity index (χ0v) is 11.1. The van der Waals surface area contributed by atoms with Crippen molar-refractivity contribution in [2.75, 3.05) is 5.32 Å². The Morgan fingerprint density at radius 3 is 2.56 bits per heavy atom. The lowest BCUT2D eigenvalue weighted by molar-refractivity contribution is 0.102. The van der Waals surface area contributed by atoms with Crippen LogP contribution in [-0.4, -0.2) is 15.9 Å². The topological polar surface area (TPSA) is 54.9 Å². The number of hydrogen-bond acceptors (Lipinski definition) is 3. The minimum absolute atomic E-state index is 0.193. The maximum absolute atomic E-state index is 11.9. The van der Waals surface area contributed by atoms with E-state index in [1.807, 2.05) is 0 Å². The Labute approximate surface area is 118 Å². The van der Waals surface area contributed by atoms with Crippen LogP contribution in [0.15, 0.2) is 30.6 Å². The number of halogens is 3. The first-order chi connectivity index (χ1) is 8.58. The first kappa shape index (κ1) is 13.1. The van der Waals surface area contributed by atoms with Crippen LogP contribution in [0.2, 0.25) is 15.2 Å². The molecular weight excluding hydrogens is 296 g/mol. The molecule has 1 N–H and O–H groups in total. The third-order valence-corrected chi connectivity index (χ3v) is 3.07. The summed E-state index contributed by atoms with van der Waals surface area (Å²) in [5.41, 5.74) is 0.265. The van der Waals surface area contributed by atoms with Crippen LogP contribution in [-0.2, 0) is 0 Å². The van der Waals surface area contributed by atoms with Crippen molar-refractivity contribution in [3.8, 4) is 0 Å². The molecule has 18 heavy (non-hydrogen) atoms. The number of aromatic nitrogens is 2. The van der Waals surface area contributed by atoms with Gasteiger partial charge in [-0.2, -0.15) is 0 Å². The fourth-order valence-electron chi connectivity index (χ4n) is 1.24. The van der Waals surface area contributed by atoms with E-state index in [0.717, 1.165) is 0 Å². The maximum Gasteiger partial charge on any atom is 0.258 e. The molecule has 0 aliphatic carbocycles. The third-order valence-electron chi connectivity index (χ3n) is 2.06. The number of hydrogen-bond donors (Lipinski definition) is 1. The van der Waals surface area contributed by atoms with Crippen molar-refractivity contribution >= 4 is 46.5 Å². The van der Waals surface area contributed by atoms with Crippen LogP contribution in [0.5, 0.6) is 0 Å². The van der Waals surface area contributed by atoms with Crippen LogP contribution in [0.3, 0.4) is 0 Å². The van der Waals surface area contributed by atoms with Crippen LogP contribution < -0.4 is 5.32 Å². The normalized spacial score (nSPS) is 10.2. The molecular formula is C11H6Cl3N3O. The van der Waals surface area contributed by atoms with Gasteiger partial charge in [0.05, 0.1) is 28.0 Å². The molecule has 92 valence electrons. The van der Waals surface area contributed by atoms with Crippen LogP contribution in [0.4, 0.5) is 5.82 Å². The van der Waals surface area contributed by atoms with Crippen molar-refractivity contribution in [1.29, 1.82) is 0 Å². The van der Waals surface area contributed by atoms with Gasteiger partial charge in [-0.25, -0.2) is 9.97 Å². The van der Waals surface area contributed by atoms with Crippen LogP contribution >= 0.6 is 34.8 Å². The molecule has 1 aromatic carbocycles. The van der Waals surface area contributed by atoms with Gasteiger partial charge in [0.25, 0.3) is 5.91 Å². The summed E-state index contributed by atoms with van der Waals surface area (Å²) < 4.78 is 0. The molecule has 1 heterocycles. The van der Waals surface area contributed by atoms with Crippen molar-refractivity contribution in [3.05, 3.63) is 51.4 Å². The maximum atomic E-state index is 11.9. The Balaban J connectivity index is 2.22. The van der Waals surface area contributed by atoms with Crippen molar-refractivity contribution in [3.63, 3.8) is 0 Å². The van der Waals surface area contributed by atoms with Crippen molar-refractivity contribution in [1.82, 2.24) is 9.97 Å². The average molecular weight is 303 g/mol. The lowest BCUT2D eigenvalue weighted by Crippen LogP contribution is -2.13. The molecule has 0 saturated carbocycles. The molecule has 0 unspecified atom stereocenters. The molecule has 2 rings (SSSR count). The van der Waals surface area contributed by atoms with E-state index in [2.05, 4.69) is 15.3 Å². The number of benzene rings is 1. The molecule has 1 aromatic heterocycles. The van der Waals surface area contributed by atoms with E-state index in [4.69, 9.17) is 34.8 Å². The second-order valence-corrected chi connectivity index (χ2v) is 4.45. The molecule has 0 spiro atoms. The summed E-state index contributed by atoms with van der Waals surface area (Å²) in [6.45, 7) is 0. The summed E-state index contributed by atoms with van der Waals surface area (Å²) in [5, 5.41) is 3.29. The number of amides is 1. The average Bonchev–Trinajstić information content (AvgIpc) is 2.35. The van der Waals surface area contributed by atoms with Gasteiger partial charge in [-0.1, -0.05) is 40.9 Å². The highest BCUT2D eigenvalue weighted by Gasteiger charge is 2.13. The SMILES string of the molecule is O=C(Nc1cnc(Cl)cn1)c1cccc(Cl)c1Cl. The second-order valence-electron chi connectivity index (χ2n) is 3.28. The van der Waals surface area contributed by atoms with E-state index in [0.29, 0.717) is 5.02 Å². The molecule has 0 aliphatic rings. The first-order valence-corrected chi connectivity index (χ1v) is 5.94. The molecule has 0 radical (unpaired) electrons. The van der Waals surface area contributed by atoms with Gasteiger partial charge in [0, 0.05) is 0 Å². The number of carbonyl (C=O) groups is 1. The van der Waals surface area contributed by atoms with Gasteiger partial charge in [0.1, 0.15) is 5.15 Å². The lowest BCUT2D eigenvalue weighted by atomic mass is 10.2. The molecule has 2 aromatic rings. The predicted octanol–water partition coefficient (Wildman–Crippen LogP) is 3.69. The van der Waals surface area contributed by atoms with Gasteiger partial charge >= 0.3 is 0 Å². The van der Waals surface area contributed by atoms with Crippen LogP contribution in [0, 0.1) is 0 Å². The van der Waals surface area contributed by atoms with E-state index in [1.54, 1.807) is 18.2 Å². The van der Waals surface area contributed by atoms with Crippen molar-refractivity contribution in [2.24, 2.45) is 0 Å². The van der Waals surface area contributed by atoms with E-state index >= 15 is 0 Å². The Morgan fingerprint density at radius 1 is 1.11 bits per heavy atom. The highest BCUT2D eigenvalue weighted by atomic mass is 35.5. The Bertz CT molecular complexity index is 587. The Hall–Kier alpha value is -1.36. The summed E-state index contributed by atoms with van der Waals surface area (Å²) >= 11 is 17.3. The minimum atomic E-state index is -0.417. The predicted molar refractivity (Wildman–Crippen MR) is 71.5 cm³/mol. The lowest BCUT2D eigenvalue weighted by Gasteiger charge is -2.06. The molecule has 1 amide bonds. The Morgan fingerprint density at radius 2 is 1.89 bits per heavy atom. The first-order valence-electron chi connectivity index (χ1n) is 4.81. The smallest absolute Gasteiger partial charge is 0.258 e. The largest absolute Gasteiger partial charge is 0.305 e. The monoisotopic (exact) mass is 301 g/mol. The number of nitrogens with zero attached hydrogens (tertiary/aromatic N) is 2. The molecule has 0 aliphatic heterocycles. The standard InChI is InChI=1S/C11H6Cl3N3O/c12-7-3-1-2-6(10(7)14)11(18)17-9-5-15-8(13)4-16-9/h1-5H,(H,16,17,18). The molecule has 7 heteroatoms. The molecule has 0 saturated heterocycles. The van der Waals surface area contributed by atoms with E-state index < -0.39 is 5.91 Å². The van der Waals surface area contributed by atoms with E-state index in [1.165, 1.54) is 12.4 Å². The van der Waals surface area contributed by atoms with Gasteiger partial charge in [-0.05, 0) is 12.1 Å². The van der Waals surface area contributed by atoms with E-state index in [-0.39, 0.29) is 21.6 Å². The molecule has 0 bridgehead atoms. The second kappa shape index (κ2) is 5.52. The van der Waals surface area contributed by atoms with Gasteiger partial charge in [0.15, 0.2) is 5.82 Å². The molecule has 4 nitrogen and oxygen atoms in total. The number of rotatable bonds is 2. The summed E-state index contributed by atoms with van der Waals surface area (Å²) in [6.07, 6.45) is 2.68. The zero-order valence-electron chi connectivity index (χ0n) is 8.82. The fraction of sp³-hybridized carbons (Fsp3) is 0. The van der Waals surface area contributed by atoms with E-state index in [9.17, 15) is 4.79 Å². The van der Waals surface area contributed by atoms with Crippen molar-refractivity contribution in [2.45, 2.75) is 0 Å². The van der Waals surface area contributed by atoms with Gasteiger partial charge in [-0.3, -0.25) is 4.79 Å². The number of nitrogens with one attached hydrogen (secondary N) is 1. The summed E-state index contributed by atoms with van der Waals surface area (Å²) in [7, 11) is 0. The Kier molecular flexibility index (Phi) is 4.01. The number of carbonyl (C=O) groups excluding carboxylic acids is 1. The molecule has 0 atom stereocenters. The summed E-state index contributed by atoms with van der Waals surface area (Å²) in [5.74, 6) is -0.139. The van der Waals surface area contributed by atoms with Crippen LogP contribution in [0.25, 0.3) is 0 Å². The van der Waals surface area contributed by atoms with Gasteiger partial charge < -0.3 is 5.32 Å². The van der Waals surface area contributed by atoms with Gasteiger partial charge in [0.2, 0.25) is 0 Å². The zero-order chi connectivity index (χ0) is 13.1. The third kappa shape index (κ3) is 2.90. The number of anilines is 1. The van der Waals surface area contributed by atoms with Crippen LogP contribution in [0.1, 0.15) is 10.4 Å². The van der Waals surface area contributed by atoms with Crippen molar-refractivity contribution < 1.29 is 4.79 Å². The summed E-state index contributed by atoms with van der Waals surface area (Å²) in [6, 6.07) is 4.80. The quantitative estimate of drug-likeness (QED) is 0.920. The highest BCUT2D eigenvalue weighted by Crippen LogP contribution is 2.25. The summed E-state index contributed by atoms with van der Waals surface area (Å²) in [4.78, 5) is 19.6. The minimum Gasteiger partial charge on any atom is -0.305 e.